The number of hydrogen-bond acceptors (Lipinski definition) is 7. The molecule has 32 heavy (non-hydrogen) atoms. The number of nitrogens with zero attached hydrogens (tertiary/aromatic N) is 3. The molecule has 0 bridgehead atoms. The first kappa shape index (κ1) is 20.4. The first-order valence-electron chi connectivity index (χ1n) is 10.1. The summed E-state index contributed by atoms with van der Waals surface area (Å²) in [5.41, 5.74) is 0.183. The SMILES string of the molecule is CC1CN(c2cc3c(=O)c(C(=O)O)c4sc5ccccc5n4c3cc2[N+](=O)[O-])CC(C)O1. The number of ether oxygens (including phenoxy) is 1. The lowest BCUT2D eigenvalue weighted by Crippen LogP contribution is -2.45. The maximum absolute atomic E-state index is 13.3. The van der Waals surface area contributed by atoms with E-state index in [1.807, 2.05) is 30.9 Å². The summed E-state index contributed by atoms with van der Waals surface area (Å²) in [7, 11) is 0. The third-order valence-electron chi connectivity index (χ3n) is 5.71. The van der Waals surface area contributed by atoms with Gasteiger partial charge in [0.05, 0.1) is 32.9 Å². The minimum absolute atomic E-state index is 0.134. The van der Waals surface area contributed by atoms with E-state index in [1.54, 1.807) is 16.5 Å². The van der Waals surface area contributed by atoms with Gasteiger partial charge in [0.1, 0.15) is 16.1 Å². The van der Waals surface area contributed by atoms with Gasteiger partial charge in [0.15, 0.2) is 0 Å². The number of benzene rings is 2. The lowest BCUT2D eigenvalue weighted by Gasteiger charge is -2.36. The molecule has 9 nitrogen and oxygen atoms in total. The quantitative estimate of drug-likeness (QED) is 0.370. The van der Waals surface area contributed by atoms with Gasteiger partial charge in [0.25, 0.3) is 5.69 Å². The average Bonchev–Trinajstić information content (AvgIpc) is 3.11. The fraction of sp³-hybridized carbons (Fsp3) is 0.273. The summed E-state index contributed by atoms with van der Waals surface area (Å²) < 4.78 is 8.16. The molecule has 0 radical (unpaired) electrons. The number of rotatable bonds is 3. The van der Waals surface area contributed by atoms with Crippen molar-refractivity contribution in [2.24, 2.45) is 0 Å². The van der Waals surface area contributed by atoms with E-state index in [4.69, 9.17) is 4.74 Å². The Kier molecular flexibility index (Phi) is 4.64. The summed E-state index contributed by atoms with van der Waals surface area (Å²) in [6.07, 6.45) is -0.291. The summed E-state index contributed by atoms with van der Waals surface area (Å²) in [4.78, 5) is 39.0. The molecule has 0 amide bonds. The van der Waals surface area contributed by atoms with Gasteiger partial charge in [-0.25, -0.2) is 4.79 Å². The lowest BCUT2D eigenvalue weighted by atomic mass is 10.1. The van der Waals surface area contributed by atoms with Crippen LogP contribution in [0.25, 0.3) is 25.9 Å². The van der Waals surface area contributed by atoms with E-state index in [-0.39, 0.29) is 39.4 Å². The standard InChI is InChI=1S/C22H19N3O6S/c1-11-9-23(10-12(2)31-11)16-7-13-15(8-17(16)25(29)30)24-14-5-3-4-6-18(14)32-21(24)19(20(13)26)22(27)28/h3-8,11-12H,9-10H2,1-2H3,(H,27,28). The maximum Gasteiger partial charge on any atom is 0.342 e. The van der Waals surface area contributed by atoms with Gasteiger partial charge in [-0.1, -0.05) is 12.1 Å². The van der Waals surface area contributed by atoms with Crippen molar-refractivity contribution in [3.63, 3.8) is 0 Å². The van der Waals surface area contributed by atoms with Crippen molar-refractivity contribution in [2.75, 3.05) is 18.0 Å². The van der Waals surface area contributed by atoms with Crippen molar-refractivity contribution in [3.8, 4) is 0 Å². The lowest BCUT2D eigenvalue weighted by molar-refractivity contribution is -0.384. The van der Waals surface area contributed by atoms with Crippen LogP contribution < -0.4 is 10.3 Å². The fourth-order valence-corrected chi connectivity index (χ4v) is 5.71. The molecule has 2 aromatic heterocycles. The Morgan fingerprint density at radius 2 is 1.88 bits per heavy atom. The molecule has 2 atom stereocenters. The number of aromatic carboxylic acids is 1. The van der Waals surface area contributed by atoms with Crippen molar-refractivity contribution in [3.05, 3.63) is 62.3 Å². The van der Waals surface area contributed by atoms with Crippen LogP contribution in [-0.2, 0) is 4.74 Å². The minimum Gasteiger partial charge on any atom is -0.477 e. The molecule has 5 rings (SSSR count). The van der Waals surface area contributed by atoms with Crippen molar-refractivity contribution in [2.45, 2.75) is 26.1 Å². The molecule has 1 saturated heterocycles. The number of pyridine rings is 1. The number of fused-ring (bicyclic) bond motifs is 5. The molecule has 3 heterocycles. The first-order valence-corrected chi connectivity index (χ1v) is 10.9. The topological polar surface area (TPSA) is 114 Å². The van der Waals surface area contributed by atoms with Crippen LogP contribution in [0.5, 0.6) is 0 Å². The fourth-order valence-electron chi connectivity index (χ4n) is 4.52. The van der Waals surface area contributed by atoms with E-state index < -0.39 is 16.3 Å². The van der Waals surface area contributed by atoms with Crippen LogP contribution >= 0.6 is 11.3 Å². The number of para-hydroxylation sites is 1. The molecule has 10 heteroatoms. The van der Waals surface area contributed by atoms with Gasteiger partial charge in [-0.05, 0) is 32.0 Å². The third kappa shape index (κ3) is 3.02. The molecular formula is C22H19N3O6S. The van der Waals surface area contributed by atoms with Crippen molar-refractivity contribution >= 4 is 54.6 Å². The van der Waals surface area contributed by atoms with E-state index >= 15 is 0 Å². The molecule has 0 aliphatic carbocycles. The summed E-state index contributed by atoms with van der Waals surface area (Å²) in [5.74, 6) is -1.32. The molecule has 4 aromatic rings. The van der Waals surface area contributed by atoms with Crippen LogP contribution in [0, 0.1) is 10.1 Å². The third-order valence-corrected chi connectivity index (χ3v) is 6.85. The Hall–Kier alpha value is -3.50. The van der Waals surface area contributed by atoms with Crippen LogP contribution in [0.1, 0.15) is 24.2 Å². The number of nitro groups is 1. The molecule has 164 valence electrons. The van der Waals surface area contributed by atoms with Crippen LogP contribution in [-0.4, -0.2) is 45.7 Å². The van der Waals surface area contributed by atoms with Crippen molar-refractivity contribution < 1.29 is 19.6 Å². The second-order valence-corrected chi connectivity index (χ2v) is 9.03. The minimum atomic E-state index is -1.32. The number of aromatic nitrogens is 1. The molecule has 0 saturated carbocycles. The Morgan fingerprint density at radius 1 is 1.19 bits per heavy atom. The summed E-state index contributed by atoms with van der Waals surface area (Å²) in [6.45, 7) is 4.61. The van der Waals surface area contributed by atoms with Crippen molar-refractivity contribution in [1.82, 2.24) is 4.40 Å². The molecule has 1 aliphatic heterocycles. The number of carboxylic acid groups (broad SMARTS) is 1. The summed E-state index contributed by atoms with van der Waals surface area (Å²) >= 11 is 1.18. The first-order chi connectivity index (χ1) is 15.3. The molecule has 2 aromatic carbocycles. The van der Waals surface area contributed by atoms with Crippen LogP contribution in [0.3, 0.4) is 0 Å². The number of carbonyl (C=O) groups is 1. The Bertz CT molecular complexity index is 1480. The summed E-state index contributed by atoms with van der Waals surface area (Å²) in [6, 6.07) is 10.1. The Morgan fingerprint density at radius 3 is 2.53 bits per heavy atom. The van der Waals surface area contributed by atoms with Gasteiger partial charge in [-0.15, -0.1) is 11.3 Å². The zero-order valence-electron chi connectivity index (χ0n) is 17.3. The van der Waals surface area contributed by atoms with E-state index in [1.165, 1.54) is 23.5 Å². The largest absolute Gasteiger partial charge is 0.477 e. The van der Waals surface area contributed by atoms with Crippen molar-refractivity contribution in [1.29, 1.82) is 0 Å². The summed E-state index contributed by atoms with van der Waals surface area (Å²) in [5, 5.41) is 22.0. The van der Waals surface area contributed by atoms with Gasteiger partial charge in [0.2, 0.25) is 5.43 Å². The highest BCUT2D eigenvalue weighted by molar-refractivity contribution is 7.24. The second-order valence-electron chi connectivity index (χ2n) is 8.00. The second kappa shape index (κ2) is 7.28. The van der Waals surface area contributed by atoms with Gasteiger partial charge < -0.3 is 14.7 Å². The van der Waals surface area contributed by atoms with E-state index in [9.17, 15) is 24.8 Å². The highest BCUT2D eigenvalue weighted by Gasteiger charge is 2.30. The number of hydrogen-bond donors (Lipinski definition) is 1. The monoisotopic (exact) mass is 453 g/mol. The zero-order valence-corrected chi connectivity index (χ0v) is 18.1. The van der Waals surface area contributed by atoms with Crippen LogP contribution in [0.4, 0.5) is 11.4 Å². The smallest absolute Gasteiger partial charge is 0.342 e. The number of anilines is 1. The zero-order chi connectivity index (χ0) is 22.7. The highest BCUT2D eigenvalue weighted by atomic mass is 32.1. The normalized spacial score (nSPS) is 19.1. The molecule has 2 unspecified atom stereocenters. The van der Waals surface area contributed by atoms with Gasteiger partial charge in [0, 0.05) is 24.5 Å². The van der Waals surface area contributed by atoms with Crippen LogP contribution in [0.2, 0.25) is 0 Å². The van der Waals surface area contributed by atoms with E-state index in [0.29, 0.717) is 24.1 Å². The average molecular weight is 453 g/mol. The number of nitro benzene ring substituents is 1. The van der Waals surface area contributed by atoms with E-state index in [0.717, 1.165) is 4.70 Å². The predicted molar refractivity (Wildman–Crippen MR) is 122 cm³/mol. The molecule has 0 spiro atoms. The highest BCUT2D eigenvalue weighted by Crippen LogP contribution is 2.37. The van der Waals surface area contributed by atoms with E-state index in [2.05, 4.69) is 0 Å². The number of carboxylic acids is 1. The number of morpholine rings is 1. The molecule has 1 N–H and O–H groups in total. The Labute approximate surface area is 185 Å². The van der Waals surface area contributed by atoms with Crippen LogP contribution in [0.15, 0.2) is 41.2 Å². The molecular weight excluding hydrogens is 434 g/mol. The Balaban J connectivity index is 1.92. The molecule has 1 fully saturated rings. The van der Waals surface area contributed by atoms with Gasteiger partial charge in [-0.2, -0.15) is 0 Å². The number of thiazole rings is 1. The maximum atomic E-state index is 13.3. The predicted octanol–water partition coefficient (Wildman–Crippen LogP) is 3.89. The molecule has 1 aliphatic rings. The van der Waals surface area contributed by atoms with Gasteiger partial charge in [-0.3, -0.25) is 19.3 Å². The van der Waals surface area contributed by atoms with Gasteiger partial charge >= 0.3 is 5.97 Å².